The van der Waals surface area contributed by atoms with Crippen LogP contribution in [0.1, 0.15) is 0 Å². The highest BCUT2D eigenvalue weighted by Gasteiger charge is 2.31. The van der Waals surface area contributed by atoms with E-state index in [1.165, 1.54) is 12.4 Å². The number of thioether (sulfide) groups is 1. The summed E-state index contributed by atoms with van der Waals surface area (Å²) < 4.78 is 45.7. The minimum Gasteiger partial charge on any atom is -0.491 e. The van der Waals surface area contributed by atoms with Crippen LogP contribution in [-0.4, -0.2) is 38.3 Å². The predicted molar refractivity (Wildman–Crippen MR) is 102 cm³/mol. The first-order chi connectivity index (χ1) is 13.3. The maximum absolute atomic E-state index is 13.0. The summed E-state index contributed by atoms with van der Waals surface area (Å²) in [5.41, 5.74) is 0.503. The van der Waals surface area contributed by atoms with Crippen molar-refractivity contribution in [2.24, 2.45) is 0 Å². The first-order valence-electron chi connectivity index (χ1n) is 7.94. The van der Waals surface area contributed by atoms with Crippen molar-refractivity contribution in [3.05, 3.63) is 52.8 Å². The second-order valence-corrected chi connectivity index (χ2v) is 7.42. The summed E-state index contributed by atoms with van der Waals surface area (Å²) >= 11 is 13.0. The topological polar surface area (TPSA) is 52.8 Å². The minimum absolute atomic E-state index is 0.129. The summed E-state index contributed by atoms with van der Waals surface area (Å²) in [6.07, 6.45) is -1.44. The molecule has 148 valence electrons. The van der Waals surface area contributed by atoms with E-state index in [1.54, 1.807) is 30.3 Å². The summed E-state index contributed by atoms with van der Waals surface area (Å²) in [7, 11) is 0. The molecule has 0 amide bonds. The number of alkyl halides is 3. The third-order valence-electron chi connectivity index (χ3n) is 3.46. The molecular weight excluding hydrogens is 436 g/mol. The van der Waals surface area contributed by atoms with Crippen molar-refractivity contribution in [3.8, 4) is 17.1 Å². The zero-order chi connectivity index (χ0) is 20.1. The Morgan fingerprint density at radius 2 is 1.82 bits per heavy atom. The van der Waals surface area contributed by atoms with E-state index >= 15 is 0 Å². The molecule has 0 atom stereocenters. The highest BCUT2D eigenvalue weighted by atomic mass is 35.5. The Balaban J connectivity index is 1.70. The summed E-state index contributed by atoms with van der Waals surface area (Å²) in [5.74, 6) is 0.926. The van der Waals surface area contributed by atoms with Crippen LogP contribution in [0.5, 0.6) is 5.75 Å². The van der Waals surface area contributed by atoms with Crippen molar-refractivity contribution in [1.82, 2.24) is 19.7 Å². The molecule has 0 bridgehead atoms. The number of nitrogens with zero attached hydrogens (tertiary/aromatic N) is 4. The summed E-state index contributed by atoms with van der Waals surface area (Å²) in [5, 5.41) is 8.82. The van der Waals surface area contributed by atoms with Gasteiger partial charge in [-0.1, -0.05) is 35.0 Å². The SMILES string of the molecule is FC(F)(F)Cn1c(SCCOc2ccc(Cl)cc2Cl)nnc1-c1ccncc1. The van der Waals surface area contributed by atoms with Gasteiger partial charge in [-0.25, -0.2) is 0 Å². The van der Waals surface area contributed by atoms with Gasteiger partial charge in [-0.3, -0.25) is 9.55 Å². The Bertz CT molecular complexity index is 938. The zero-order valence-electron chi connectivity index (χ0n) is 14.2. The molecule has 1 aromatic carbocycles. The molecule has 0 fully saturated rings. The lowest BCUT2D eigenvalue weighted by molar-refractivity contribution is -0.141. The lowest BCUT2D eigenvalue weighted by atomic mass is 10.2. The Morgan fingerprint density at radius 3 is 2.50 bits per heavy atom. The van der Waals surface area contributed by atoms with Gasteiger partial charge in [0, 0.05) is 28.7 Å². The van der Waals surface area contributed by atoms with Gasteiger partial charge in [0.05, 0.1) is 11.6 Å². The molecule has 0 aliphatic rings. The number of pyridine rings is 1. The molecule has 0 saturated carbocycles. The summed E-state index contributed by atoms with van der Waals surface area (Å²) in [6.45, 7) is -0.973. The molecule has 0 N–H and O–H groups in total. The van der Waals surface area contributed by atoms with Gasteiger partial charge in [-0.2, -0.15) is 13.2 Å². The normalized spacial score (nSPS) is 11.6. The second-order valence-electron chi connectivity index (χ2n) is 5.52. The highest BCUT2D eigenvalue weighted by Crippen LogP contribution is 2.30. The van der Waals surface area contributed by atoms with Crippen LogP contribution in [0.3, 0.4) is 0 Å². The third kappa shape index (κ3) is 5.52. The van der Waals surface area contributed by atoms with Crippen molar-refractivity contribution in [2.45, 2.75) is 17.9 Å². The van der Waals surface area contributed by atoms with Gasteiger partial charge in [-0.15, -0.1) is 10.2 Å². The van der Waals surface area contributed by atoms with Crippen molar-refractivity contribution >= 4 is 35.0 Å². The van der Waals surface area contributed by atoms with Crippen LogP contribution in [0, 0.1) is 0 Å². The molecule has 11 heteroatoms. The molecule has 0 radical (unpaired) electrons. The van der Waals surface area contributed by atoms with Gasteiger partial charge in [0.25, 0.3) is 0 Å². The quantitative estimate of drug-likeness (QED) is 0.358. The predicted octanol–water partition coefficient (Wildman–Crippen LogP) is 5.38. The fourth-order valence-corrected chi connectivity index (χ4v) is 3.53. The van der Waals surface area contributed by atoms with Crippen LogP contribution in [-0.2, 0) is 6.54 Å². The van der Waals surface area contributed by atoms with Gasteiger partial charge in [0.15, 0.2) is 11.0 Å². The molecular formula is C17H13Cl2F3N4OS. The fraction of sp³-hybridized carbons (Fsp3) is 0.235. The highest BCUT2D eigenvalue weighted by molar-refractivity contribution is 7.99. The van der Waals surface area contributed by atoms with Crippen molar-refractivity contribution < 1.29 is 17.9 Å². The summed E-state index contributed by atoms with van der Waals surface area (Å²) in [6, 6.07) is 7.97. The Kier molecular flexibility index (Phi) is 6.69. The Morgan fingerprint density at radius 1 is 1.07 bits per heavy atom. The van der Waals surface area contributed by atoms with E-state index in [9.17, 15) is 13.2 Å². The fourth-order valence-electron chi connectivity index (χ4n) is 2.31. The van der Waals surface area contributed by atoms with Crippen molar-refractivity contribution in [3.63, 3.8) is 0 Å². The molecule has 5 nitrogen and oxygen atoms in total. The first-order valence-corrected chi connectivity index (χ1v) is 9.68. The Labute approximate surface area is 172 Å². The van der Waals surface area contributed by atoms with Gasteiger partial charge >= 0.3 is 6.18 Å². The van der Waals surface area contributed by atoms with E-state index in [4.69, 9.17) is 27.9 Å². The van der Waals surface area contributed by atoms with Gasteiger partial charge in [-0.05, 0) is 30.3 Å². The van der Waals surface area contributed by atoms with Crippen LogP contribution < -0.4 is 4.74 Å². The Hall–Kier alpha value is -1.97. The van der Waals surface area contributed by atoms with Crippen molar-refractivity contribution in [1.29, 1.82) is 0 Å². The number of ether oxygens (including phenoxy) is 1. The van der Waals surface area contributed by atoms with E-state index < -0.39 is 12.7 Å². The number of benzene rings is 1. The van der Waals surface area contributed by atoms with E-state index in [2.05, 4.69) is 15.2 Å². The van der Waals surface area contributed by atoms with E-state index in [1.807, 2.05) is 0 Å². The molecule has 2 heterocycles. The lowest BCUT2D eigenvalue weighted by Gasteiger charge is -2.13. The summed E-state index contributed by atoms with van der Waals surface area (Å²) in [4.78, 5) is 3.86. The number of aromatic nitrogens is 4. The second kappa shape index (κ2) is 9.02. The van der Waals surface area contributed by atoms with Crippen LogP contribution in [0.25, 0.3) is 11.4 Å². The number of rotatable bonds is 7. The largest absolute Gasteiger partial charge is 0.491 e. The molecule has 0 spiro atoms. The standard InChI is InChI=1S/C17H13Cl2F3N4OS/c18-12-1-2-14(13(19)9-12)27-7-8-28-16-25-24-15(11-3-5-23-6-4-11)26(16)10-17(20,21)22/h1-6,9H,7-8,10H2. The van der Waals surface area contributed by atoms with Crippen molar-refractivity contribution in [2.75, 3.05) is 12.4 Å². The average Bonchev–Trinajstić information content (AvgIpc) is 3.01. The molecule has 0 unspecified atom stereocenters. The lowest BCUT2D eigenvalue weighted by Crippen LogP contribution is -2.19. The van der Waals surface area contributed by atoms with E-state index in [0.717, 1.165) is 16.3 Å². The van der Waals surface area contributed by atoms with Gasteiger partial charge in [0.1, 0.15) is 12.3 Å². The molecule has 0 aliphatic heterocycles. The first kappa shape index (κ1) is 20.8. The molecule has 0 saturated heterocycles. The maximum Gasteiger partial charge on any atom is 0.406 e. The number of hydrogen-bond donors (Lipinski definition) is 0. The molecule has 2 aromatic heterocycles. The molecule has 3 aromatic rings. The molecule has 28 heavy (non-hydrogen) atoms. The number of halogens is 5. The maximum atomic E-state index is 13.0. The molecule has 3 rings (SSSR count). The monoisotopic (exact) mass is 448 g/mol. The smallest absolute Gasteiger partial charge is 0.406 e. The molecule has 0 aliphatic carbocycles. The van der Waals surface area contributed by atoms with Crippen LogP contribution in [0.4, 0.5) is 13.2 Å². The zero-order valence-corrected chi connectivity index (χ0v) is 16.5. The minimum atomic E-state index is -4.41. The van der Waals surface area contributed by atoms with E-state index in [0.29, 0.717) is 27.1 Å². The third-order valence-corrected chi connectivity index (χ3v) is 4.92. The van der Waals surface area contributed by atoms with Crippen LogP contribution >= 0.6 is 35.0 Å². The average molecular weight is 449 g/mol. The van der Waals surface area contributed by atoms with Gasteiger partial charge in [0.2, 0.25) is 0 Å². The van der Waals surface area contributed by atoms with Crippen LogP contribution in [0.2, 0.25) is 10.0 Å². The van der Waals surface area contributed by atoms with Gasteiger partial charge < -0.3 is 4.74 Å². The number of hydrogen-bond acceptors (Lipinski definition) is 5. The van der Waals surface area contributed by atoms with Crippen LogP contribution in [0.15, 0.2) is 47.9 Å². The van der Waals surface area contributed by atoms with E-state index in [-0.39, 0.29) is 17.6 Å².